The average molecular weight is 276 g/mol. The zero-order valence-electron chi connectivity index (χ0n) is 11.4. The van der Waals surface area contributed by atoms with Gasteiger partial charge < -0.3 is 9.47 Å². The summed E-state index contributed by atoms with van der Waals surface area (Å²) in [4.78, 5) is 27.1. The maximum Gasteiger partial charge on any atom is 0.415 e. The number of likely N-dealkylation sites (tertiary alicyclic amines) is 1. The van der Waals surface area contributed by atoms with Crippen LogP contribution in [0, 0.1) is 0 Å². The molecule has 2 aliphatic rings. The van der Waals surface area contributed by atoms with E-state index in [1.165, 1.54) is 14.2 Å². The molecule has 0 bridgehead atoms. The van der Waals surface area contributed by atoms with E-state index >= 15 is 0 Å². The minimum atomic E-state index is -0.458. The van der Waals surface area contributed by atoms with Gasteiger partial charge in [0.25, 0.3) is 0 Å². The molecule has 2 aliphatic heterocycles. The van der Waals surface area contributed by atoms with Crippen molar-refractivity contribution in [1.29, 1.82) is 0 Å². The number of methoxy groups -OCH3 is 2. The average Bonchev–Trinajstić information content (AvgIpc) is 3.03. The van der Waals surface area contributed by atoms with Crippen molar-refractivity contribution in [3.8, 4) is 0 Å². The van der Waals surface area contributed by atoms with Crippen LogP contribution in [-0.2, 0) is 9.47 Å². The van der Waals surface area contributed by atoms with Gasteiger partial charge in [0.2, 0.25) is 0 Å². The van der Waals surface area contributed by atoms with Crippen molar-refractivity contribution in [3.63, 3.8) is 0 Å². The second-order valence-electron chi connectivity index (χ2n) is 4.87. The van der Waals surface area contributed by atoms with E-state index in [4.69, 9.17) is 9.47 Å². The first-order valence-electron chi connectivity index (χ1n) is 6.49. The molecular weight excluding hydrogens is 260 g/mol. The van der Waals surface area contributed by atoms with Gasteiger partial charge in [-0.25, -0.2) is 9.59 Å². The molecular formula is C14H16N2O4. The maximum absolute atomic E-state index is 12.1. The SMILES string of the molecule is COC(=O)N1CC[C@@H]2c3ccccc3N(C(=O)OC)[C@@H]21. The van der Waals surface area contributed by atoms with Crippen LogP contribution >= 0.6 is 0 Å². The highest BCUT2D eigenvalue weighted by molar-refractivity contribution is 5.92. The molecule has 0 spiro atoms. The van der Waals surface area contributed by atoms with Gasteiger partial charge in [-0.2, -0.15) is 0 Å². The minimum absolute atomic E-state index is 0.115. The number of hydrogen-bond acceptors (Lipinski definition) is 4. The standard InChI is InChI=1S/C14H16N2O4/c1-19-13(17)15-8-7-10-9-5-3-4-6-11(9)16(12(10)15)14(18)20-2/h3-6,10,12H,7-8H2,1-2H3/t10-,12+/m1/s1. The van der Waals surface area contributed by atoms with E-state index < -0.39 is 12.2 Å². The summed E-state index contributed by atoms with van der Waals surface area (Å²) in [5.41, 5.74) is 1.89. The van der Waals surface area contributed by atoms with Crippen LogP contribution in [0.25, 0.3) is 0 Å². The van der Waals surface area contributed by atoms with Gasteiger partial charge in [0.05, 0.1) is 19.9 Å². The summed E-state index contributed by atoms with van der Waals surface area (Å²) in [5, 5.41) is 0. The van der Waals surface area contributed by atoms with Gasteiger partial charge in [-0.15, -0.1) is 0 Å². The summed E-state index contributed by atoms with van der Waals surface area (Å²) in [5.74, 6) is 0.115. The number of benzene rings is 1. The molecule has 3 rings (SSSR count). The number of amides is 2. The molecule has 2 amide bonds. The van der Waals surface area contributed by atoms with Crippen LogP contribution in [0.1, 0.15) is 17.9 Å². The summed E-state index contributed by atoms with van der Waals surface area (Å²) in [6, 6.07) is 7.69. The lowest BCUT2D eigenvalue weighted by Gasteiger charge is -2.30. The van der Waals surface area contributed by atoms with E-state index in [9.17, 15) is 9.59 Å². The smallest absolute Gasteiger partial charge is 0.415 e. The highest BCUT2D eigenvalue weighted by atomic mass is 16.6. The molecule has 1 aromatic rings. The number of carbonyl (C=O) groups excluding carboxylic acids is 2. The van der Waals surface area contributed by atoms with E-state index in [1.54, 1.807) is 9.80 Å². The Morgan fingerprint density at radius 1 is 1.15 bits per heavy atom. The lowest BCUT2D eigenvalue weighted by atomic mass is 9.99. The topological polar surface area (TPSA) is 59.1 Å². The number of ether oxygens (including phenoxy) is 2. The highest BCUT2D eigenvalue weighted by Crippen LogP contribution is 2.47. The van der Waals surface area contributed by atoms with Gasteiger partial charge in [-0.1, -0.05) is 18.2 Å². The van der Waals surface area contributed by atoms with Crippen molar-refractivity contribution in [2.45, 2.75) is 18.5 Å². The Labute approximate surface area is 116 Å². The van der Waals surface area contributed by atoms with Gasteiger partial charge in [0.1, 0.15) is 6.17 Å². The normalized spacial score (nSPS) is 23.3. The third kappa shape index (κ3) is 1.64. The van der Waals surface area contributed by atoms with Crippen LogP contribution in [0.15, 0.2) is 24.3 Å². The van der Waals surface area contributed by atoms with Gasteiger partial charge in [0, 0.05) is 12.5 Å². The molecule has 20 heavy (non-hydrogen) atoms. The second-order valence-corrected chi connectivity index (χ2v) is 4.87. The van der Waals surface area contributed by atoms with E-state index in [2.05, 4.69) is 0 Å². The number of nitrogens with zero attached hydrogens (tertiary/aromatic N) is 2. The molecule has 0 aromatic heterocycles. The molecule has 0 N–H and O–H groups in total. The highest BCUT2D eigenvalue weighted by Gasteiger charge is 2.50. The van der Waals surface area contributed by atoms with Crippen molar-refractivity contribution in [3.05, 3.63) is 29.8 Å². The molecule has 0 aliphatic carbocycles. The Hall–Kier alpha value is -2.24. The molecule has 1 fully saturated rings. The molecule has 1 saturated heterocycles. The van der Waals surface area contributed by atoms with Crippen molar-refractivity contribution < 1.29 is 19.1 Å². The third-order valence-corrected chi connectivity index (χ3v) is 4.00. The fraction of sp³-hybridized carbons (Fsp3) is 0.429. The first kappa shape index (κ1) is 12.8. The van der Waals surface area contributed by atoms with Crippen LogP contribution in [-0.4, -0.2) is 44.0 Å². The first-order chi connectivity index (χ1) is 9.69. The Balaban J connectivity index is 2.05. The fourth-order valence-corrected chi connectivity index (χ4v) is 3.20. The van der Waals surface area contributed by atoms with Crippen molar-refractivity contribution in [2.75, 3.05) is 25.7 Å². The molecule has 1 aromatic carbocycles. The van der Waals surface area contributed by atoms with Crippen LogP contribution in [0.3, 0.4) is 0 Å². The zero-order chi connectivity index (χ0) is 14.3. The fourth-order valence-electron chi connectivity index (χ4n) is 3.20. The van der Waals surface area contributed by atoms with E-state index in [0.717, 1.165) is 17.7 Å². The number of rotatable bonds is 0. The Kier molecular flexibility index (Phi) is 3.00. The van der Waals surface area contributed by atoms with E-state index in [1.807, 2.05) is 24.3 Å². The number of carbonyl (C=O) groups is 2. The molecule has 0 unspecified atom stereocenters. The lowest BCUT2D eigenvalue weighted by molar-refractivity contribution is 0.115. The molecule has 2 heterocycles. The van der Waals surface area contributed by atoms with Crippen molar-refractivity contribution >= 4 is 17.9 Å². The van der Waals surface area contributed by atoms with Crippen molar-refractivity contribution in [2.24, 2.45) is 0 Å². The summed E-state index contributed by atoms with van der Waals surface area (Å²) in [7, 11) is 2.69. The van der Waals surface area contributed by atoms with Gasteiger partial charge in [-0.3, -0.25) is 9.80 Å². The number of anilines is 1. The predicted molar refractivity (Wildman–Crippen MR) is 71.6 cm³/mol. The van der Waals surface area contributed by atoms with Crippen LogP contribution < -0.4 is 4.90 Å². The number of para-hydroxylation sites is 1. The minimum Gasteiger partial charge on any atom is -0.453 e. The molecule has 0 saturated carbocycles. The lowest BCUT2D eigenvalue weighted by Crippen LogP contribution is -2.49. The van der Waals surface area contributed by atoms with Gasteiger partial charge >= 0.3 is 12.2 Å². The first-order valence-corrected chi connectivity index (χ1v) is 6.49. The van der Waals surface area contributed by atoms with Crippen molar-refractivity contribution in [1.82, 2.24) is 4.90 Å². The Morgan fingerprint density at radius 2 is 1.85 bits per heavy atom. The molecule has 0 radical (unpaired) electrons. The van der Waals surface area contributed by atoms with Gasteiger partial charge in [-0.05, 0) is 18.1 Å². The Morgan fingerprint density at radius 3 is 2.55 bits per heavy atom. The second kappa shape index (κ2) is 4.70. The molecule has 6 heteroatoms. The molecule has 6 nitrogen and oxygen atoms in total. The third-order valence-electron chi connectivity index (χ3n) is 4.00. The summed E-state index contributed by atoms with van der Waals surface area (Å²) in [6.45, 7) is 0.573. The largest absolute Gasteiger partial charge is 0.453 e. The number of fused-ring (bicyclic) bond motifs is 3. The predicted octanol–water partition coefficient (Wildman–Crippen LogP) is 2.15. The van der Waals surface area contributed by atoms with E-state index in [0.29, 0.717) is 6.54 Å². The summed E-state index contributed by atoms with van der Waals surface area (Å²) < 4.78 is 9.68. The zero-order valence-corrected chi connectivity index (χ0v) is 11.4. The molecule has 106 valence electrons. The summed E-state index contributed by atoms with van der Waals surface area (Å²) in [6.07, 6.45) is -0.420. The van der Waals surface area contributed by atoms with Gasteiger partial charge in [0.15, 0.2) is 0 Å². The Bertz CT molecular complexity index is 560. The van der Waals surface area contributed by atoms with Crippen LogP contribution in [0.5, 0.6) is 0 Å². The maximum atomic E-state index is 12.1. The molecule has 2 atom stereocenters. The van der Waals surface area contributed by atoms with E-state index in [-0.39, 0.29) is 12.1 Å². The number of hydrogen-bond donors (Lipinski definition) is 0. The summed E-state index contributed by atoms with van der Waals surface area (Å²) >= 11 is 0. The monoisotopic (exact) mass is 276 g/mol. The van der Waals surface area contributed by atoms with Crippen LogP contribution in [0.4, 0.5) is 15.3 Å². The quantitative estimate of drug-likeness (QED) is 0.728. The van der Waals surface area contributed by atoms with Crippen LogP contribution in [0.2, 0.25) is 0 Å².